The Morgan fingerprint density at radius 1 is 1.44 bits per heavy atom. The van der Waals surface area contributed by atoms with Crippen molar-refractivity contribution in [3.05, 3.63) is 22.2 Å². The molecule has 0 atom stereocenters. The summed E-state index contributed by atoms with van der Waals surface area (Å²) in [4.78, 5) is 9.17. The maximum Gasteiger partial charge on any atom is 0.131 e. The fourth-order valence-corrected chi connectivity index (χ4v) is 3.04. The molecule has 2 aliphatic rings. The van der Waals surface area contributed by atoms with Gasteiger partial charge in [-0.3, -0.25) is 0 Å². The van der Waals surface area contributed by atoms with Crippen LogP contribution < -0.4 is 5.73 Å². The first-order chi connectivity index (χ1) is 7.75. The molecule has 2 fully saturated rings. The summed E-state index contributed by atoms with van der Waals surface area (Å²) in [6.45, 7) is 0.701. The van der Waals surface area contributed by atoms with Crippen LogP contribution in [0.5, 0.6) is 0 Å². The van der Waals surface area contributed by atoms with Crippen LogP contribution >= 0.6 is 15.9 Å². The SMILES string of the molecule is NCC1(c2nc(C3CC3)ncc2Br)CCC1. The molecule has 0 bridgehead atoms. The van der Waals surface area contributed by atoms with E-state index in [1.54, 1.807) is 0 Å². The molecule has 1 aromatic heterocycles. The third-order valence-corrected chi connectivity index (χ3v) is 4.49. The van der Waals surface area contributed by atoms with E-state index in [2.05, 4.69) is 20.9 Å². The first-order valence-electron chi connectivity index (χ1n) is 5.98. The van der Waals surface area contributed by atoms with Crippen molar-refractivity contribution in [2.75, 3.05) is 6.54 Å². The second-order valence-corrected chi connectivity index (χ2v) is 5.89. The topological polar surface area (TPSA) is 51.8 Å². The lowest BCUT2D eigenvalue weighted by Crippen LogP contribution is -2.42. The van der Waals surface area contributed by atoms with Gasteiger partial charge in [0.15, 0.2) is 0 Å². The van der Waals surface area contributed by atoms with Crippen LogP contribution in [-0.2, 0) is 5.41 Å². The van der Waals surface area contributed by atoms with Gasteiger partial charge < -0.3 is 5.73 Å². The van der Waals surface area contributed by atoms with E-state index in [0.717, 1.165) is 16.0 Å². The van der Waals surface area contributed by atoms with Crippen molar-refractivity contribution < 1.29 is 0 Å². The monoisotopic (exact) mass is 281 g/mol. The number of nitrogens with two attached hydrogens (primary N) is 1. The van der Waals surface area contributed by atoms with Gasteiger partial charge >= 0.3 is 0 Å². The molecule has 1 heterocycles. The summed E-state index contributed by atoms with van der Waals surface area (Å²) in [5, 5.41) is 0. The minimum Gasteiger partial charge on any atom is -0.330 e. The van der Waals surface area contributed by atoms with Crippen molar-refractivity contribution >= 4 is 15.9 Å². The van der Waals surface area contributed by atoms with Crippen molar-refractivity contribution in [3.8, 4) is 0 Å². The van der Waals surface area contributed by atoms with Gasteiger partial charge in [0.05, 0.1) is 10.2 Å². The van der Waals surface area contributed by atoms with Gasteiger partial charge in [-0.2, -0.15) is 0 Å². The zero-order chi connectivity index (χ0) is 11.2. The Balaban J connectivity index is 2.00. The number of rotatable bonds is 3. The maximum atomic E-state index is 5.93. The second-order valence-electron chi connectivity index (χ2n) is 5.04. The van der Waals surface area contributed by atoms with Gasteiger partial charge in [-0.25, -0.2) is 9.97 Å². The van der Waals surface area contributed by atoms with E-state index >= 15 is 0 Å². The Morgan fingerprint density at radius 2 is 2.19 bits per heavy atom. The van der Waals surface area contributed by atoms with E-state index in [1.807, 2.05) is 6.20 Å². The van der Waals surface area contributed by atoms with E-state index in [-0.39, 0.29) is 5.41 Å². The van der Waals surface area contributed by atoms with E-state index in [4.69, 9.17) is 10.7 Å². The molecule has 0 amide bonds. The number of nitrogens with zero attached hydrogens (tertiary/aromatic N) is 2. The molecule has 0 radical (unpaired) electrons. The molecule has 2 saturated carbocycles. The van der Waals surface area contributed by atoms with E-state index in [0.29, 0.717) is 12.5 Å². The first-order valence-corrected chi connectivity index (χ1v) is 6.77. The molecule has 4 heteroatoms. The smallest absolute Gasteiger partial charge is 0.131 e. The maximum absolute atomic E-state index is 5.93. The lowest BCUT2D eigenvalue weighted by Gasteiger charge is -2.40. The zero-order valence-electron chi connectivity index (χ0n) is 9.25. The third-order valence-electron chi connectivity index (χ3n) is 3.91. The highest BCUT2D eigenvalue weighted by Gasteiger charge is 2.41. The van der Waals surface area contributed by atoms with Crippen molar-refractivity contribution in [2.24, 2.45) is 5.73 Å². The Bertz CT molecular complexity index is 405. The Kier molecular flexibility index (Phi) is 2.51. The largest absolute Gasteiger partial charge is 0.330 e. The Hall–Kier alpha value is -0.480. The van der Waals surface area contributed by atoms with Crippen LogP contribution in [0.4, 0.5) is 0 Å². The minimum atomic E-state index is 0.130. The van der Waals surface area contributed by atoms with Crippen LogP contribution in [0.1, 0.15) is 49.5 Å². The summed E-state index contributed by atoms with van der Waals surface area (Å²) in [5.74, 6) is 1.64. The summed E-state index contributed by atoms with van der Waals surface area (Å²) in [6, 6.07) is 0. The molecule has 0 spiro atoms. The average molecular weight is 282 g/mol. The quantitative estimate of drug-likeness (QED) is 0.926. The predicted octanol–water partition coefficient (Wildman–Crippen LogP) is 2.50. The van der Waals surface area contributed by atoms with E-state index in [1.165, 1.54) is 32.1 Å². The molecular weight excluding hydrogens is 266 g/mol. The molecule has 2 aliphatic carbocycles. The van der Waals surface area contributed by atoms with Crippen LogP contribution in [0.15, 0.2) is 10.7 Å². The van der Waals surface area contributed by atoms with Gasteiger partial charge in [-0.15, -0.1) is 0 Å². The van der Waals surface area contributed by atoms with Crippen molar-refractivity contribution in [1.82, 2.24) is 9.97 Å². The Labute approximate surface area is 104 Å². The lowest BCUT2D eigenvalue weighted by atomic mass is 9.66. The fraction of sp³-hybridized carbons (Fsp3) is 0.667. The molecular formula is C12H16BrN3. The molecule has 3 nitrogen and oxygen atoms in total. The van der Waals surface area contributed by atoms with E-state index in [9.17, 15) is 0 Å². The summed E-state index contributed by atoms with van der Waals surface area (Å²) in [7, 11) is 0. The van der Waals surface area contributed by atoms with Gasteiger partial charge in [0.2, 0.25) is 0 Å². The fourth-order valence-electron chi connectivity index (χ4n) is 2.43. The lowest BCUT2D eigenvalue weighted by molar-refractivity contribution is 0.243. The van der Waals surface area contributed by atoms with Gasteiger partial charge in [-0.1, -0.05) is 6.42 Å². The standard InChI is InChI=1S/C12H16BrN3/c13-9-6-15-11(8-2-3-8)16-10(9)12(7-14)4-1-5-12/h6,8H,1-5,7,14H2. The summed E-state index contributed by atoms with van der Waals surface area (Å²) < 4.78 is 1.03. The molecule has 86 valence electrons. The van der Waals surface area contributed by atoms with Gasteiger partial charge in [0.25, 0.3) is 0 Å². The molecule has 0 saturated heterocycles. The van der Waals surface area contributed by atoms with E-state index < -0.39 is 0 Å². The first kappa shape index (κ1) is 10.7. The highest BCUT2D eigenvalue weighted by molar-refractivity contribution is 9.10. The predicted molar refractivity (Wildman–Crippen MR) is 66.3 cm³/mol. The summed E-state index contributed by atoms with van der Waals surface area (Å²) in [5.41, 5.74) is 7.21. The zero-order valence-corrected chi connectivity index (χ0v) is 10.8. The normalized spacial score (nSPS) is 22.9. The van der Waals surface area contributed by atoms with Gasteiger partial charge in [0, 0.05) is 24.1 Å². The number of hydrogen-bond acceptors (Lipinski definition) is 3. The number of hydrogen-bond donors (Lipinski definition) is 1. The second kappa shape index (κ2) is 3.77. The van der Waals surface area contributed by atoms with Crippen molar-refractivity contribution in [3.63, 3.8) is 0 Å². The average Bonchev–Trinajstić information content (AvgIpc) is 3.03. The third kappa shape index (κ3) is 1.59. The highest BCUT2D eigenvalue weighted by atomic mass is 79.9. The molecule has 16 heavy (non-hydrogen) atoms. The number of halogens is 1. The molecule has 0 unspecified atom stereocenters. The van der Waals surface area contributed by atoms with Gasteiger partial charge in [-0.05, 0) is 41.6 Å². The van der Waals surface area contributed by atoms with Gasteiger partial charge in [0.1, 0.15) is 5.82 Å². The molecule has 2 N–H and O–H groups in total. The van der Waals surface area contributed by atoms with Crippen molar-refractivity contribution in [1.29, 1.82) is 0 Å². The van der Waals surface area contributed by atoms with Crippen LogP contribution in [0.25, 0.3) is 0 Å². The molecule has 3 rings (SSSR count). The molecule has 0 aromatic carbocycles. The van der Waals surface area contributed by atoms with Crippen LogP contribution in [0, 0.1) is 0 Å². The van der Waals surface area contributed by atoms with Crippen LogP contribution in [0.3, 0.4) is 0 Å². The number of aromatic nitrogens is 2. The molecule has 1 aromatic rings. The van der Waals surface area contributed by atoms with Crippen molar-refractivity contribution in [2.45, 2.75) is 43.4 Å². The summed E-state index contributed by atoms with van der Waals surface area (Å²) >= 11 is 3.57. The Morgan fingerprint density at radius 3 is 2.69 bits per heavy atom. The van der Waals surface area contributed by atoms with Crippen LogP contribution in [-0.4, -0.2) is 16.5 Å². The minimum absolute atomic E-state index is 0.130. The highest BCUT2D eigenvalue weighted by Crippen LogP contribution is 2.46. The van der Waals surface area contributed by atoms with Crippen LogP contribution in [0.2, 0.25) is 0 Å². The molecule has 0 aliphatic heterocycles. The summed E-state index contributed by atoms with van der Waals surface area (Å²) in [6.07, 6.45) is 8.01.